The van der Waals surface area contributed by atoms with Gasteiger partial charge in [-0.3, -0.25) is 23.7 Å². The predicted molar refractivity (Wildman–Crippen MR) is 161 cm³/mol. The fraction of sp³-hybridized carbons (Fsp3) is 0.452. The van der Waals surface area contributed by atoms with Gasteiger partial charge in [0.1, 0.15) is 30.7 Å². The summed E-state index contributed by atoms with van der Waals surface area (Å²) in [6.45, 7) is 6.98. The summed E-state index contributed by atoms with van der Waals surface area (Å²) in [5, 5.41) is 13.9. The smallest absolute Gasteiger partial charge is 0.459 e. The third-order valence-corrected chi connectivity index (χ3v) is 9.73. The SMILES string of the molecule is Cc1ccc(C(C)C)cc1OP(=O)(N[C@@H](C)C(=O)OCc1ccccc1)OC[C@H]1O[C@@H](n2ccc(=O)[nH]c2=O)C2(CC2)[C@@H]1O. The van der Waals surface area contributed by atoms with Gasteiger partial charge in [-0.25, -0.2) is 9.36 Å². The van der Waals surface area contributed by atoms with Crippen LogP contribution in [0, 0.1) is 12.3 Å². The summed E-state index contributed by atoms with van der Waals surface area (Å²) in [5.41, 5.74) is 0.471. The Labute approximate surface area is 254 Å². The summed E-state index contributed by atoms with van der Waals surface area (Å²) < 4.78 is 38.9. The molecule has 236 valence electrons. The molecule has 5 atom stereocenters. The number of aliphatic hydroxyl groups is 1. The number of aliphatic hydroxyl groups excluding tert-OH is 1. The maximum absolute atomic E-state index is 14.3. The summed E-state index contributed by atoms with van der Waals surface area (Å²) in [4.78, 5) is 39.2. The molecule has 1 unspecified atom stereocenters. The number of aromatic amines is 1. The zero-order valence-electron chi connectivity index (χ0n) is 25.1. The number of nitrogens with one attached hydrogen (secondary N) is 2. The van der Waals surface area contributed by atoms with Gasteiger partial charge in [0.2, 0.25) is 0 Å². The topological polar surface area (TPSA) is 158 Å². The fourth-order valence-electron chi connectivity index (χ4n) is 5.27. The lowest BCUT2D eigenvalue weighted by Gasteiger charge is -2.25. The molecule has 1 saturated heterocycles. The van der Waals surface area contributed by atoms with E-state index in [9.17, 15) is 24.1 Å². The minimum Gasteiger partial charge on any atom is -0.460 e. The molecule has 1 aromatic heterocycles. The maximum Gasteiger partial charge on any atom is 0.459 e. The first kappa shape index (κ1) is 31.9. The van der Waals surface area contributed by atoms with Crippen LogP contribution in [-0.4, -0.2) is 45.5 Å². The van der Waals surface area contributed by atoms with Crippen LogP contribution in [0.2, 0.25) is 0 Å². The van der Waals surface area contributed by atoms with Gasteiger partial charge in [-0.05, 0) is 55.4 Å². The van der Waals surface area contributed by atoms with E-state index >= 15 is 0 Å². The summed E-state index contributed by atoms with van der Waals surface area (Å²) in [6.07, 6.45) is -0.412. The van der Waals surface area contributed by atoms with E-state index < -0.39 is 54.9 Å². The van der Waals surface area contributed by atoms with Crippen molar-refractivity contribution in [2.45, 2.75) is 77.5 Å². The Balaban J connectivity index is 1.35. The number of carbonyl (C=O) groups is 1. The van der Waals surface area contributed by atoms with Gasteiger partial charge in [-0.15, -0.1) is 0 Å². The van der Waals surface area contributed by atoms with Crippen molar-refractivity contribution in [2.24, 2.45) is 5.41 Å². The van der Waals surface area contributed by atoms with Crippen molar-refractivity contribution in [3.63, 3.8) is 0 Å². The summed E-state index contributed by atoms with van der Waals surface area (Å²) >= 11 is 0. The van der Waals surface area contributed by atoms with Gasteiger partial charge in [0.05, 0.1) is 12.7 Å². The number of aryl methyl sites for hydroxylation is 1. The highest BCUT2D eigenvalue weighted by atomic mass is 31.2. The molecule has 12 nitrogen and oxygen atoms in total. The first-order chi connectivity index (χ1) is 20.9. The zero-order valence-corrected chi connectivity index (χ0v) is 26.0. The number of rotatable bonds is 12. The Bertz CT molecular complexity index is 1650. The average molecular weight is 628 g/mol. The summed E-state index contributed by atoms with van der Waals surface area (Å²) in [6, 6.07) is 14.8. The Morgan fingerprint density at radius 2 is 1.89 bits per heavy atom. The molecule has 13 heteroatoms. The second-order valence-corrected chi connectivity index (χ2v) is 13.4. The van der Waals surface area contributed by atoms with Crippen molar-refractivity contribution in [3.05, 3.63) is 98.3 Å². The van der Waals surface area contributed by atoms with Gasteiger partial charge in [-0.2, -0.15) is 5.09 Å². The highest BCUT2D eigenvalue weighted by molar-refractivity contribution is 7.52. The summed E-state index contributed by atoms with van der Waals surface area (Å²) in [7, 11) is -4.29. The lowest BCUT2D eigenvalue weighted by Crippen LogP contribution is -2.37. The Hall–Kier alpha value is -3.54. The fourth-order valence-corrected chi connectivity index (χ4v) is 6.83. The minimum absolute atomic E-state index is 0.0307. The van der Waals surface area contributed by atoms with Crippen LogP contribution in [0.15, 0.2) is 70.4 Å². The zero-order chi connectivity index (χ0) is 31.6. The largest absolute Gasteiger partial charge is 0.460 e. The van der Waals surface area contributed by atoms with E-state index in [-0.39, 0.29) is 19.1 Å². The van der Waals surface area contributed by atoms with Crippen molar-refractivity contribution in [1.29, 1.82) is 0 Å². The molecule has 0 radical (unpaired) electrons. The van der Waals surface area contributed by atoms with Crippen molar-refractivity contribution in [2.75, 3.05) is 6.61 Å². The highest BCUT2D eigenvalue weighted by Gasteiger charge is 2.64. The van der Waals surface area contributed by atoms with Crippen LogP contribution in [0.3, 0.4) is 0 Å². The van der Waals surface area contributed by atoms with Gasteiger partial charge in [0, 0.05) is 17.7 Å². The third kappa shape index (κ3) is 6.90. The number of nitrogens with zero attached hydrogens (tertiary/aromatic N) is 1. The highest BCUT2D eigenvalue weighted by Crippen LogP contribution is 2.62. The molecule has 2 aliphatic rings. The van der Waals surface area contributed by atoms with Crippen molar-refractivity contribution < 1.29 is 33.0 Å². The number of ether oxygens (including phenoxy) is 2. The molecule has 3 aromatic rings. The third-order valence-electron chi connectivity index (χ3n) is 8.10. The van der Waals surface area contributed by atoms with Crippen LogP contribution in [0.1, 0.15) is 62.4 Å². The van der Waals surface area contributed by atoms with Crippen LogP contribution in [-0.2, 0) is 30.0 Å². The maximum atomic E-state index is 14.3. The first-order valence-corrected chi connectivity index (χ1v) is 16.1. The van der Waals surface area contributed by atoms with Crippen molar-refractivity contribution >= 4 is 13.7 Å². The Morgan fingerprint density at radius 1 is 1.16 bits per heavy atom. The molecule has 1 saturated carbocycles. The molecule has 1 aliphatic carbocycles. The molecule has 2 fully saturated rings. The number of aromatic nitrogens is 2. The number of carbonyl (C=O) groups excluding carboxylic acids is 1. The number of H-pyrrole nitrogens is 1. The normalized spacial score (nSPS) is 22.5. The van der Waals surface area contributed by atoms with Crippen LogP contribution < -0.4 is 20.9 Å². The van der Waals surface area contributed by atoms with E-state index in [2.05, 4.69) is 10.1 Å². The lowest BCUT2D eigenvalue weighted by molar-refractivity contribution is -0.146. The van der Waals surface area contributed by atoms with Crippen LogP contribution in [0.5, 0.6) is 5.75 Å². The quantitative estimate of drug-likeness (QED) is 0.198. The molecule has 2 heterocycles. The average Bonchev–Trinajstić information content (AvgIpc) is 3.74. The molecule has 3 N–H and O–H groups in total. The van der Waals surface area contributed by atoms with Gasteiger partial charge in [0.25, 0.3) is 5.56 Å². The van der Waals surface area contributed by atoms with Crippen molar-refractivity contribution in [1.82, 2.24) is 14.6 Å². The van der Waals surface area contributed by atoms with E-state index in [1.807, 2.05) is 56.3 Å². The van der Waals surface area contributed by atoms with Crippen LogP contribution in [0.25, 0.3) is 0 Å². The molecule has 5 rings (SSSR count). The number of esters is 1. The molecular weight excluding hydrogens is 589 g/mol. The van der Waals surface area contributed by atoms with Gasteiger partial charge >= 0.3 is 19.4 Å². The standard InChI is InChI=1S/C31H38N3O9P/c1-19(2)23-11-10-20(3)24(16-23)43-44(39,33-21(4)28(37)40-17-22-8-6-5-7-9-22)41-18-25-27(36)31(13-14-31)29(42-25)34-15-12-26(35)32-30(34)38/h5-12,15-16,19,21,25,27,29,36H,13-14,17-18H2,1-4H3,(H,33,39)(H,32,35,38)/t21-,25+,27+,29+,44?/m0/s1. The van der Waals surface area contributed by atoms with Crippen LogP contribution in [0.4, 0.5) is 0 Å². The molecule has 1 spiro atoms. The summed E-state index contributed by atoms with van der Waals surface area (Å²) in [5.74, 6) is -0.190. The van der Waals surface area contributed by atoms with E-state index in [0.29, 0.717) is 24.2 Å². The molecule has 2 aromatic carbocycles. The molecule has 1 aliphatic heterocycles. The van der Waals surface area contributed by atoms with Gasteiger partial charge < -0.3 is 19.1 Å². The van der Waals surface area contributed by atoms with E-state index in [4.69, 9.17) is 18.5 Å². The second-order valence-electron chi connectivity index (χ2n) is 11.7. The number of benzene rings is 2. The first-order valence-electron chi connectivity index (χ1n) is 14.6. The van der Waals surface area contributed by atoms with Crippen LogP contribution >= 0.6 is 7.75 Å². The molecule has 0 amide bonds. The number of hydrogen-bond acceptors (Lipinski definition) is 9. The number of hydrogen-bond donors (Lipinski definition) is 3. The van der Waals surface area contributed by atoms with Gasteiger partial charge in [0.15, 0.2) is 0 Å². The molecular formula is C31H38N3O9P. The Kier molecular flexibility index (Phi) is 9.29. The molecule has 0 bridgehead atoms. The second kappa shape index (κ2) is 12.8. The van der Waals surface area contributed by atoms with E-state index in [0.717, 1.165) is 11.1 Å². The van der Waals surface area contributed by atoms with E-state index in [1.54, 1.807) is 13.0 Å². The lowest BCUT2D eigenvalue weighted by atomic mass is 9.96. The molecule has 44 heavy (non-hydrogen) atoms. The Morgan fingerprint density at radius 3 is 2.55 bits per heavy atom. The van der Waals surface area contributed by atoms with E-state index in [1.165, 1.54) is 23.8 Å². The monoisotopic (exact) mass is 627 g/mol. The minimum atomic E-state index is -4.29. The van der Waals surface area contributed by atoms with Crippen molar-refractivity contribution in [3.8, 4) is 5.75 Å². The van der Waals surface area contributed by atoms with Gasteiger partial charge in [-0.1, -0.05) is 56.3 Å². The predicted octanol–water partition coefficient (Wildman–Crippen LogP) is 3.93.